The van der Waals surface area contributed by atoms with Crippen LogP contribution in [0.2, 0.25) is 0 Å². The molecular weight excluding hydrogens is 452 g/mol. The van der Waals surface area contributed by atoms with Crippen molar-refractivity contribution in [2.75, 3.05) is 23.7 Å². The van der Waals surface area contributed by atoms with E-state index in [4.69, 9.17) is 5.84 Å². The lowest BCUT2D eigenvalue weighted by atomic mass is 10.1. The maximum absolute atomic E-state index is 11.7. The molecule has 3 aromatic carbocycles. The number of anilines is 1. The highest BCUT2D eigenvalue weighted by molar-refractivity contribution is 7.79. The van der Waals surface area contributed by atoms with Gasteiger partial charge in [-0.1, -0.05) is 61.5 Å². The van der Waals surface area contributed by atoms with Gasteiger partial charge in [0.2, 0.25) is 0 Å². The standard InChI is InChI=1S/C25H30N4O4S/c1-2-28(16-17-34(32)33)25(31)29(18-19-8-10-22(11-9-19)24(30)27-26)23-14-12-21(13-15-23)20-6-4-3-5-7-20/h3-15,25,31H,2,16-18,26H2,1H3,(H,27,30)(H,32,33). The fourth-order valence-corrected chi connectivity index (χ4v) is 4.04. The fraction of sp³-hybridized carbons (Fsp3) is 0.240. The molecule has 0 aliphatic heterocycles. The molecular formula is C25H30N4O4S. The van der Waals surface area contributed by atoms with Crippen molar-refractivity contribution in [2.45, 2.75) is 19.8 Å². The largest absolute Gasteiger partial charge is 0.361 e. The Kier molecular flexibility index (Phi) is 9.32. The Morgan fingerprint density at radius 3 is 2.18 bits per heavy atom. The zero-order valence-electron chi connectivity index (χ0n) is 19.0. The van der Waals surface area contributed by atoms with E-state index in [1.807, 2.05) is 78.6 Å². The van der Waals surface area contributed by atoms with E-state index in [1.165, 1.54) is 0 Å². The number of hydrogen-bond acceptors (Lipinski definition) is 6. The highest BCUT2D eigenvalue weighted by Gasteiger charge is 2.23. The monoisotopic (exact) mass is 482 g/mol. The van der Waals surface area contributed by atoms with Crippen LogP contribution >= 0.6 is 0 Å². The van der Waals surface area contributed by atoms with Gasteiger partial charge in [-0.3, -0.25) is 15.1 Å². The molecule has 0 fully saturated rings. The van der Waals surface area contributed by atoms with Crippen molar-refractivity contribution in [1.29, 1.82) is 0 Å². The van der Waals surface area contributed by atoms with Crippen LogP contribution in [-0.2, 0) is 17.6 Å². The predicted octanol–water partition coefficient (Wildman–Crippen LogP) is 2.78. The average Bonchev–Trinajstić information content (AvgIpc) is 2.88. The van der Waals surface area contributed by atoms with Gasteiger partial charge in [0.05, 0.1) is 5.75 Å². The Morgan fingerprint density at radius 1 is 1.00 bits per heavy atom. The number of aliphatic hydroxyl groups is 1. The van der Waals surface area contributed by atoms with Gasteiger partial charge < -0.3 is 14.6 Å². The van der Waals surface area contributed by atoms with Crippen molar-refractivity contribution in [3.05, 3.63) is 90.0 Å². The number of nitrogens with zero attached hydrogens (tertiary/aromatic N) is 2. The number of aliphatic hydroxyl groups excluding tert-OH is 1. The zero-order chi connectivity index (χ0) is 24.5. The number of amides is 1. The number of carbonyl (C=O) groups excluding carboxylic acids is 1. The van der Waals surface area contributed by atoms with Crippen LogP contribution < -0.4 is 16.2 Å². The van der Waals surface area contributed by atoms with Gasteiger partial charge in [-0.2, -0.15) is 0 Å². The van der Waals surface area contributed by atoms with Crippen LogP contribution in [0.25, 0.3) is 11.1 Å². The lowest BCUT2D eigenvalue weighted by molar-refractivity contribution is 0.00762. The topological polar surface area (TPSA) is 119 Å². The molecule has 0 aliphatic carbocycles. The average molecular weight is 483 g/mol. The first kappa shape index (κ1) is 25.5. The number of nitrogens with one attached hydrogen (secondary N) is 1. The molecule has 8 nitrogen and oxygen atoms in total. The van der Waals surface area contributed by atoms with E-state index in [9.17, 15) is 18.7 Å². The van der Waals surface area contributed by atoms with Gasteiger partial charge in [-0.05, 0) is 47.5 Å². The smallest absolute Gasteiger partial charge is 0.265 e. The number of rotatable bonds is 11. The minimum atomic E-state index is -1.95. The molecule has 0 aliphatic rings. The molecule has 0 heterocycles. The second-order valence-electron chi connectivity index (χ2n) is 7.71. The van der Waals surface area contributed by atoms with E-state index in [2.05, 4.69) is 5.43 Å². The highest BCUT2D eigenvalue weighted by Crippen LogP contribution is 2.26. The summed E-state index contributed by atoms with van der Waals surface area (Å²) in [7, 11) is 0. The maximum Gasteiger partial charge on any atom is 0.265 e. The third kappa shape index (κ3) is 6.72. The van der Waals surface area contributed by atoms with Crippen LogP contribution in [0.1, 0.15) is 22.8 Å². The van der Waals surface area contributed by atoms with Gasteiger partial charge in [0, 0.05) is 24.3 Å². The summed E-state index contributed by atoms with van der Waals surface area (Å²) in [4.78, 5) is 15.3. The molecule has 180 valence electrons. The molecule has 5 N–H and O–H groups in total. The number of carbonyl (C=O) groups is 1. The number of hydrazine groups is 1. The van der Waals surface area contributed by atoms with E-state index < -0.39 is 17.4 Å². The number of benzene rings is 3. The molecule has 3 rings (SSSR count). The number of nitrogen functional groups attached to an aromatic ring is 1. The summed E-state index contributed by atoms with van der Waals surface area (Å²) in [5.74, 6) is 4.86. The van der Waals surface area contributed by atoms with Crippen LogP contribution in [0.4, 0.5) is 5.69 Å². The van der Waals surface area contributed by atoms with Gasteiger partial charge in [0.15, 0.2) is 17.4 Å². The highest BCUT2D eigenvalue weighted by atomic mass is 32.2. The lowest BCUT2D eigenvalue weighted by Gasteiger charge is -2.37. The van der Waals surface area contributed by atoms with Crippen molar-refractivity contribution in [2.24, 2.45) is 5.84 Å². The van der Waals surface area contributed by atoms with Crippen molar-refractivity contribution in [3.63, 3.8) is 0 Å². The Hall–Kier alpha value is -3.08. The van der Waals surface area contributed by atoms with Gasteiger partial charge in [-0.15, -0.1) is 0 Å². The summed E-state index contributed by atoms with van der Waals surface area (Å²) >= 11 is -1.95. The summed E-state index contributed by atoms with van der Waals surface area (Å²) in [5.41, 5.74) is 6.36. The molecule has 2 unspecified atom stereocenters. The van der Waals surface area contributed by atoms with Crippen molar-refractivity contribution < 1.29 is 18.7 Å². The first-order chi connectivity index (χ1) is 16.4. The van der Waals surface area contributed by atoms with E-state index in [1.54, 1.807) is 17.0 Å². The third-order valence-electron chi connectivity index (χ3n) is 5.57. The molecule has 3 aromatic rings. The summed E-state index contributed by atoms with van der Waals surface area (Å²) < 4.78 is 20.4. The Morgan fingerprint density at radius 2 is 1.62 bits per heavy atom. The zero-order valence-corrected chi connectivity index (χ0v) is 19.8. The molecule has 1 amide bonds. The van der Waals surface area contributed by atoms with Gasteiger partial charge >= 0.3 is 0 Å². The summed E-state index contributed by atoms with van der Waals surface area (Å²) in [6, 6.07) is 24.9. The quantitative estimate of drug-likeness (QED) is 0.109. The van der Waals surface area contributed by atoms with E-state index in [0.29, 0.717) is 18.7 Å². The SMILES string of the molecule is CCN(CCS(=O)O)C(O)N(Cc1ccc(C(=O)NN)cc1)c1ccc(-c2ccccc2)cc1. The molecule has 0 saturated heterocycles. The molecule has 9 heteroatoms. The van der Waals surface area contributed by atoms with Crippen LogP contribution in [0.15, 0.2) is 78.9 Å². The summed E-state index contributed by atoms with van der Waals surface area (Å²) in [6.45, 7) is 3.00. The van der Waals surface area contributed by atoms with Crippen LogP contribution in [0.3, 0.4) is 0 Å². The van der Waals surface area contributed by atoms with Gasteiger partial charge in [0.1, 0.15) is 0 Å². The van der Waals surface area contributed by atoms with Crippen molar-refractivity contribution >= 4 is 22.7 Å². The Labute approximate surface area is 202 Å². The molecule has 0 spiro atoms. The molecule has 0 aromatic heterocycles. The molecule has 34 heavy (non-hydrogen) atoms. The van der Waals surface area contributed by atoms with Crippen molar-refractivity contribution in [1.82, 2.24) is 10.3 Å². The second-order valence-corrected chi connectivity index (χ2v) is 8.76. The second kappa shape index (κ2) is 12.4. The number of hydrogen-bond donors (Lipinski definition) is 4. The minimum absolute atomic E-state index is 0.0363. The minimum Gasteiger partial charge on any atom is -0.361 e. The summed E-state index contributed by atoms with van der Waals surface area (Å²) in [6.07, 6.45) is -1.02. The Bertz CT molecular complexity index is 1080. The van der Waals surface area contributed by atoms with Gasteiger partial charge in [-0.25, -0.2) is 10.1 Å². The van der Waals surface area contributed by atoms with Crippen LogP contribution in [-0.4, -0.2) is 49.9 Å². The molecule has 2 atom stereocenters. The summed E-state index contributed by atoms with van der Waals surface area (Å²) in [5, 5.41) is 11.3. The lowest BCUT2D eigenvalue weighted by Crippen LogP contribution is -2.49. The number of nitrogens with two attached hydrogens (primary N) is 1. The molecule has 0 radical (unpaired) electrons. The van der Waals surface area contributed by atoms with Crippen LogP contribution in [0.5, 0.6) is 0 Å². The third-order valence-corrected chi connectivity index (χ3v) is 6.10. The Balaban J connectivity index is 1.89. The van der Waals surface area contributed by atoms with Crippen molar-refractivity contribution in [3.8, 4) is 11.1 Å². The molecule has 0 bridgehead atoms. The van der Waals surface area contributed by atoms with E-state index in [-0.39, 0.29) is 18.2 Å². The normalized spacial score (nSPS) is 12.9. The molecule has 0 saturated carbocycles. The van der Waals surface area contributed by atoms with Gasteiger partial charge in [0.25, 0.3) is 5.91 Å². The van der Waals surface area contributed by atoms with E-state index >= 15 is 0 Å². The van der Waals surface area contributed by atoms with E-state index in [0.717, 1.165) is 22.4 Å². The first-order valence-electron chi connectivity index (χ1n) is 10.9. The van der Waals surface area contributed by atoms with Crippen LogP contribution in [0, 0.1) is 0 Å². The fourth-order valence-electron chi connectivity index (χ4n) is 3.65. The maximum atomic E-state index is 11.7. The predicted molar refractivity (Wildman–Crippen MR) is 135 cm³/mol. The first-order valence-corrected chi connectivity index (χ1v) is 12.2.